The average molecular weight is 256 g/mol. The average Bonchev–Trinajstić information content (AvgIpc) is 2.26. The first-order chi connectivity index (χ1) is 7.71. The van der Waals surface area contributed by atoms with Crippen LogP contribution < -0.4 is 4.74 Å². The van der Waals surface area contributed by atoms with Gasteiger partial charge in [0.2, 0.25) is 0 Å². The molecule has 2 nitrogen and oxygen atoms in total. The van der Waals surface area contributed by atoms with Gasteiger partial charge in [-0.2, -0.15) is 22.0 Å². The van der Waals surface area contributed by atoms with Crippen LogP contribution in [0, 0.1) is 0 Å². The Hall–Kier alpha value is -1.37. The summed E-state index contributed by atoms with van der Waals surface area (Å²) in [5, 5.41) is 9.15. The molecule has 0 heterocycles. The fraction of sp³-hybridized carbons (Fsp3) is 0.400. The van der Waals surface area contributed by atoms with Crippen LogP contribution in [-0.4, -0.2) is 24.3 Å². The van der Waals surface area contributed by atoms with Crippen LogP contribution in [0.4, 0.5) is 22.0 Å². The largest absolute Gasteiger partial charge is 0.496 e. The van der Waals surface area contributed by atoms with Crippen LogP contribution in [-0.2, 0) is 0 Å². The highest BCUT2D eigenvalue weighted by atomic mass is 19.4. The van der Waals surface area contributed by atoms with Gasteiger partial charge in [-0.25, -0.2) is 0 Å². The molecule has 1 N–H and O–H groups in total. The molecule has 7 heteroatoms. The number of ether oxygens (including phenoxy) is 1. The SMILES string of the molecule is COc1ccccc1C(O)C(F)(F)C(F)(F)F. The Balaban J connectivity index is 3.16. The Morgan fingerprint density at radius 2 is 1.65 bits per heavy atom. The molecular weight excluding hydrogens is 247 g/mol. The third kappa shape index (κ3) is 2.49. The van der Waals surface area contributed by atoms with Gasteiger partial charge in [0.15, 0.2) is 6.10 Å². The topological polar surface area (TPSA) is 29.5 Å². The van der Waals surface area contributed by atoms with E-state index in [0.29, 0.717) is 0 Å². The van der Waals surface area contributed by atoms with Crippen LogP contribution in [0.1, 0.15) is 11.7 Å². The highest BCUT2D eigenvalue weighted by Crippen LogP contribution is 2.46. The zero-order valence-corrected chi connectivity index (χ0v) is 8.63. The molecule has 1 atom stereocenters. The fourth-order valence-corrected chi connectivity index (χ4v) is 1.24. The highest BCUT2D eigenvalue weighted by molar-refractivity contribution is 5.36. The number of hydrogen-bond donors (Lipinski definition) is 1. The quantitative estimate of drug-likeness (QED) is 0.842. The minimum absolute atomic E-state index is 0.232. The lowest BCUT2D eigenvalue weighted by Gasteiger charge is -2.25. The van der Waals surface area contributed by atoms with Crippen molar-refractivity contribution in [3.63, 3.8) is 0 Å². The van der Waals surface area contributed by atoms with Crippen molar-refractivity contribution in [2.24, 2.45) is 0 Å². The number of methoxy groups -OCH3 is 1. The molecule has 0 amide bonds. The van der Waals surface area contributed by atoms with E-state index in [0.717, 1.165) is 13.2 Å². The van der Waals surface area contributed by atoms with E-state index in [1.165, 1.54) is 18.2 Å². The number of alkyl halides is 5. The van der Waals surface area contributed by atoms with E-state index in [1.54, 1.807) is 0 Å². The normalized spacial score (nSPS) is 14.5. The molecule has 0 aliphatic carbocycles. The molecule has 0 bridgehead atoms. The number of hydrogen-bond acceptors (Lipinski definition) is 2. The van der Waals surface area contributed by atoms with Crippen LogP contribution in [0.2, 0.25) is 0 Å². The Morgan fingerprint density at radius 3 is 2.12 bits per heavy atom. The lowest BCUT2D eigenvalue weighted by Crippen LogP contribution is -2.42. The third-order valence-electron chi connectivity index (χ3n) is 2.15. The number of benzene rings is 1. The van der Waals surface area contributed by atoms with E-state index in [4.69, 9.17) is 5.11 Å². The maximum absolute atomic E-state index is 12.9. The lowest BCUT2D eigenvalue weighted by atomic mass is 10.0. The van der Waals surface area contributed by atoms with Gasteiger partial charge >= 0.3 is 12.1 Å². The summed E-state index contributed by atoms with van der Waals surface area (Å²) in [4.78, 5) is 0. The first-order valence-electron chi connectivity index (χ1n) is 4.47. The van der Waals surface area contributed by atoms with Gasteiger partial charge < -0.3 is 9.84 Å². The van der Waals surface area contributed by atoms with Crippen molar-refractivity contribution in [1.29, 1.82) is 0 Å². The van der Waals surface area contributed by atoms with Crippen molar-refractivity contribution < 1.29 is 31.8 Å². The van der Waals surface area contributed by atoms with Gasteiger partial charge in [0.1, 0.15) is 5.75 Å². The van der Waals surface area contributed by atoms with E-state index >= 15 is 0 Å². The van der Waals surface area contributed by atoms with Gasteiger partial charge in [-0.1, -0.05) is 18.2 Å². The number of para-hydroxylation sites is 1. The van der Waals surface area contributed by atoms with Crippen LogP contribution in [0.3, 0.4) is 0 Å². The van der Waals surface area contributed by atoms with Crippen LogP contribution >= 0.6 is 0 Å². The number of halogens is 5. The standard InChI is InChI=1S/C10H9F5O2/c1-17-7-5-3-2-4-6(7)8(16)9(11,12)10(13,14)15/h2-5,8,16H,1H3. The Kier molecular flexibility index (Phi) is 3.61. The molecule has 0 spiro atoms. The second kappa shape index (κ2) is 4.48. The van der Waals surface area contributed by atoms with Crippen molar-refractivity contribution in [3.8, 4) is 5.75 Å². The molecule has 0 aliphatic heterocycles. The molecule has 1 rings (SSSR count). The minimum Gasteiger partial charge on any atom is -0.496 e. The maximum Gasteiger partial charge on any atom is 0.456 e. The van der Waals surface area contributed by atoms with E-state index < -0.39 is 23.8 Å². The third-order valence-corrected chi connectivity index (χ3v) is 2.15. The summed E-state index contributed by atoms with van der Waals surface area (Å²) >= 11 is 0. The predicted molar refractivity (Wildman–Crippen MR) is 49.0 cm³/mol. The Bertz CT molecular complexity index is 389. The summed E-state index contributed by atoms with van der Waals surface area (Å²) in [5.41, 5.74) is -0.614. The van der Waals surface area contributed by atoms with Gasteiger partial charge in [-0.15, -0.1) is 0 Å². The second-order valence-electron chi connectivity index (χ2n) is 3.27. The molecule has 0 fully saturated rings. The first-order valence-corrected chi connectivity index (χ1v) is 4.47. The Morgan fingerprint density at radius 1 is 1.12 bits per heavy atom. The molecule has 1 aromatic rings. The van der Waals surface area contributed by atoms with Crippen molar-refractivity contribution >= 4 is 0 Å². The summed E-state index contributed by atoms with van der Waals surface area (Å²) in [5.74, 6) is -5.47. The van der Waals surface area contributed by atoms with Crippen LogP contribution in [0.25, 0.3) is 0 Å². The highest BCUT2D eigenvalue weighted by Gasteiger charge is 2.63. The van der Waals surface area contributed by atoms with Crippen LogP contribution in [0.15, 0.2) is 24.3 Å². The molecule has 0 aliphatic rings. The number of rotatable bonds is 3. The molecule has 0 saturated carbocycles. The van der Waals surface area contributed by atoms with Gasteiger partial charge in [0.05, 0.1) is 7.11 Å². The molecule has 17 heavy (non-hydrogen) atoms. The summed E-state index contributed by atoms with van der Waals surface area (Å²) in [6.07, 6.45) is -8.83. The zero-order valence-electron chi connectivity index (χ0n) is 8.63. The molecule has 0 radical (unpaired) electrons. The monoisotopic (exact) mass is 256 g/mol. The van der Waals surface area contributed by atoms with E-state index in [2.05, 4.69) is 4.74 Å². The van der Waals surface area contributed by atoms with Gasteiger partial charge in [-0.3, -0.25) is 0 Å². The van der Waals surface area contributed by atoms with Crippen molar-refractivity contribution in [3.05, 3.63) is 29.8 Å². The van der Waals surface area contributed by atoms with E-state index in [-0.39, 0.29) is 5.75 Å². The molecular formula is C10H9F5O2. The van der Waals surface area contributed by atoms with Crippen molar-refractivity contribution in [1.82, 2.24) is 0 Å². The molecule has 0 aromatic heterocycles. The fourth-order valence-electron chi connectivity index (χ4n) is 1.24. The summed E-state index contributed by atoms with van der Waals surface area (Å²) in [6.45, 7) is 0. The molecule has 1 aromatic carbocycles. The van der Waals surface area contributed by atoms with E-state index in [1.807, 2.05) is 0 Å². The molecule has 0 saturated heterocycles. The van der Waals surface area contributed by atoms with Crippen molar-refractivity contribution in [2.75, 3.05) is 7.11 Å². The first kappa shape index (κ1) is 13.7. The van der Waals surface area contributed by atoms with Crippen LogP contribution in [0.5, 0.6) is 5.75 Å². The smallest absolute Gasteiger partial charge is 0.456 e. The molecule has 1 unspecified atom stereocenters. The van der Waals surface area contributed by atoms with E-state index in [9.17, 15) is 22.0 Å². The minimum atomic E-state index is -5.83. The summed E-state index contributed by atoms with van der Waals surface area (Å²) in [7, 11) is 1.11. The Labute approximate surface area is 93.6 Å². The maximum atomic E-state index is 12.9. The summed E-state index contributed by atoms with van der Waals surface area (Å²) < 4.78 is 66.6. The number of aliphatic hydroxyl groups is 1. The van der Waals surface area contributed by atoms with Gasteiger partial charge in [0.25, 0.3) is 0 Å². The molecule has 96 valence electrons. The van der Waals surface area contributed by atoms with Gasteiger partial charge in [-0.05, 0) is 6.07 Å². The zero-order chi connectivity index (χ0) is 13.3. The second-order valence-corrected chi connectivity index (χ2v) is 3.27. The van der Waals surface area contributed by atoms with Gasteiger partial charge in [0, 0.05) is 5.56 Å². The summed E-state index contributed by atoms with van der Waals surface area (Å²) in [6, 6.07) is 4.75. The number of aliphatic hydroxyl groups excluding tert-OH is 1. The lowest BCUT2D eigenvalue weighted by molar-refractivity contribution is -0.315. The predicted octanol–water partition coefficient (Wildman–Crippen LogP) is 2.93. The van der Waals surface area contributed by atoms with Crippen molar-refractivity contribution in [2.45, 2.75) is 18.2 Å².